The number of nitrogens with zero attached hydrogens (tertiary/aromatic N) is 1. The number of nitrogens with one attached hydrogen (secondary N) is 1. The molecule has 0 aromatic heterocycles. The first-order chi connectivity index (χ1) is 8.20. The van der Waals surface area contributed by atoms with Crippen molar-refractivity contribution in [2.45, 2.75) is 6.54 Å². The van der Waals surface area contributed by atoms with Gasteiger partial charge in [0.15, 0.2) is 17.5 Å². The Morgan fingerprint density at radius 2 is 2.17 bits per heavy atom. The monoisotopic (exact) mass is 383 g/mol. The Balaban J connectivity index is 0.00000162. The van der Waals surface area contributed by atoms with Crippen LogP contribution in [0.1, 0.15) is 5.56 Å². The van der Waals surface area contributed by atoms with Gasteiger partial charge >= 0.3 is 0 Å². The summed E-state index contributed by atoms with van der Waals surface area (Å²) in [5, 5.41) is 3.50. The van der Waals surface area contributed by atoms with Crippen molar-refractivity contribution in [1.82, 2.24) is 5.32 Å². The maximum Gasteiger partial charge on any atom is 0.188 e. The summed E-state index contributed by atoms with van der Waals surface area (Å²) in [6.45, 7) is 1.61. The fraction of sp³-hybridized carbons (Fsp3) is 0.364. The first kappa shape index (κ1) is 15.2. The van der Waals surface area contributed by atoms with E-state index in [2.05, 4.69) is 10.3 Å². The maximum absolute atomic E-state index is 6.10. The molecule has 0 radical (unpaired) electrons. The van der Waals surface area contributed by atoms with Crippen LogP contribution in [0.25, 0.3) is 0 Å². The zero-order chi connectivity index (χ0) is 12.3. The van der Waals surface area contributed by atoms with E-state index in [4.69, 9.17) is 26.8 Å². The van der Waals surface area contributed by atoms with Crippen molar-refractivity contribution in [2.24, 2.45) is 10.7 Å². The summed E-state index contributed by atoms with van der Waals surface area (Å²) in [7, 11) is 1.62. The molecule has 0 fully saturated rings. The largest absolute Gasteiger partial charge is 0.486 e. The zero-order valence-electron chi connectivity index (χ0n) is 9.90. The third-order valence-corrected chi connectivity index (χ3v) is 2.65. The molecule has 1 aliphatic heterocycles. The Morgan fingerprint density at radius 3 is 2.89 bits per heavy atom. The zero-order valence-corrected chi connectivity index (χ0v) is 13.0. The van der Waals surface area contributed by atoms with Crippen LogP contribution in [0, 0.1) is 0 Å². The molecule has 0 atom stereocenters. The molecule has 0 aliphatic carbocycles. The summed E-state index contributed by atoms with van der Waals surface area (Å²) in [5.41, 5.74) is 6.51. The van der Waals surface area contributed by atoms with Crippen LogP contribution in [0.15, 0.2) is 17.1 Å². The lowest BCUT2D eigenvalue weighted by Gasteiger charge is -2.20. The fourth-order valence-electron chi connectivity index (χ4n) is 1.54. The van der Waals surface area contributed by atoms with E-state index in [1.165, 1.54) is 0 Å². The van der Waals surface area contributed by atoms with E-state index in [0.717, 1.165) is 5.56 Å². The molecular formula is C11H15ClIN3O2. The van der Waals surface area contributed by atoms with Crippen molar-refractivity contribution >= 4 is 41.5 Å². The first-order valence-electron chi connectivity index (χ1n) is 5.25. The van der Waals surface area contributed by atoms with E-state index in [1.54, 1.807) is 7.05 Å². The number of rotatable bonds is 2. The van der Waals surface area contributed by atoms with Crippen molar-refractivity contribution in [3.8, 4) is 11.5 Å². The van der Waals surface area contributed by atoms with Gasteiger partial charge in [0.1, 0.15) is 13.2 Å². The maximum atomic E-state index is 6.10. The second-order valence-electron chi connectivity index (χ2n) is 3.56. The lowest BCUT2D eigenvalue weighted by molar-refractivity contribution is 0.171. The number of aliphatic imine (C=N–C) groups is 1. The number of benzene rings is 1. The van der Waals surface area contributed by atoms with Gasteiger partial charge in [0.05, 0.1) is 5.02 Å². The van der Waals surface area contributed by atoms with Gasteiger partial charge in [0, 0.05) is 13.6 Å². The molecule has 1 aromatic rings. The highest BCUT2D eigenvalue weighted by molar-refractivity contribution is 14.0. The van der Waals surface area contributed by atoms with Crippen LogP contribution in [-0.4, -0.2) is 26.2 Å². The van der Waals surface area contributed by atoms with E-state index in [-0.39, 0.29) is 24.0 Å². The average molecular weight is 384 g/mol. The highest BCUT2D eigenvalue weighted by atomic mass is 127. The van der Waals surface area contributed by atoms with Crippen LogP contribution in [0.5, 0.6) is 11.5 Å². The topological polar surface area (TPSA) is 68.9 Å². The van der Waals surface area contributed by atoms with E-state index < -0.39 is 0 Å². The lowest BCUT2D eigenvalue weighted by Crippen LogP contribution is -2.30. The van der Waals surface area contributed by atoms with Gasteiger partial charge in [-0.15, -0.1) is 24.0 Å². The molecule has 0 bridgehead atoms. The Hall–Kier alpha value is -0.890. The molecule has 3 N–H and O–H groups in total. The lowest BCUT2D eigenvalue weighted by atomic mass is 10.2. The number of nitrogens with two attached hydrogens (primary N) is 1. The number of halogens is 2. The van der Waals surface area contributed by atoms with Crippen LogP contribution < -0.4 is 20.5 Å². The summed E-state index contributed by atoms with van der Waals surface area (Å²) in [4.78, 5) is 3.81. The molecule has 0 saturated carbocycles. The standard InChI is InChI=1S/C11H14ClN3O2.HI/c1-14-11(13)15-6-7-4-8(12)10-9(5-7)16-2-3-17-10;/h4-5H,2-3,6H2,1H3,(H3,13,14,15);1H. The molecule has 1 aliphatic rings. The second-order valence-corrected chi connectivity index (χ2v) is 3.97. The number of ether oxygens (including phenoxy) is 2. The van der Waals surface area contributed by atoms with Gasteiger partial charge in [-0.1, -0.05) is 11.6 Å². The molecule has 0 amide bonds. The molecular weight excluding hydrogens is 368 g/mol. The third kappa shape index (κ3) is 3.55. The smallest absolute Gasteiger partial charge is 0.188 e. The van der Waals surface area contributed by atoms with Crippen molar-refractivity contribution in [3.63, 3.8) is 0 Å². The molecule has 18 heavy (non-hydrogen) atoms. The van der Waals surface area contributed by atoms with Gasteiger partial charge in [0.25, 0.3) is 0 Å². The van der Waals surface area contributed by atoms with Crippen molar-refractivity contribution in [1.29, 1.82) is 0 Å². The van der Waals surface area contributed by atoms with E-state index in [0.29, 0.717) is 42.2 Å². The summed E-state index contributed by atoms with van der Waals surface area (Å²) < 4.78 is 10.9. The molecule has 0 unspecified atom stereocenters. The van der Waals surface area contributed by atoms with Crippen molar-refractivity contribution < 1.29 is 9.47 Å². The van der Waals surface area contributed by atoms with Crippen LogP contribution >= 0.6 is 35.6 Å². The summed E-state index contributed by atoms with van der Waals surface area (Å²) in [6, 6.07) is 3.71. The number of fused-ring (bicyclic) bond motifs is 1. The van der Waals surface area contributed by atoms with Crippen LogP contribution in [0.4, 0.5) is 0 Å². The molecule has 1 heterocycles. The summed E-state index contributed by atoms with van der Waals surface area (Å²) >= 11 is 6.10. The van der Waals surface area contributed by atoms with Crippen molar-refractivity contribution in [2.75, 3.05) is 20.3 Å². The van der Waals surface area contributed by atoms with Gasteiger partial charge < -0.3 is 20.5 Å². The van der Waals surface area contributed by atoms with Gasteiger partial charge in [-0.3, -0.25) is 4.99 Å². The minimum atomic E-state index is 0. The predicted molar refractivity (Wildman–Crippen MR) is 82.2 cm³/mol. The third-order valence-electron chi connectivity index (χ3n) is 2.37. The normalized spacial score (nSPS) is 13.8. The Labute approximate surface area is 128 Å². The number of guanidine groups is 1. The molecule has 1 aromatic carbocycles. The Bertz CT molecular complexity index is 454. The quantitative estimate of drug-likeness (QED) is 0.464. The fourth-order valence-corrected chi connectivity index (χ4v) is 1.83. The molecule has 5 nitrogen and oxygen atoms in total. The SMILES string of the molecule is CN=C(N)NCc1cc(Cl)c2c(c1)OCCO2.I. The molecule has 2 rings (SSSR count). The molecule has 0 saturated heterocycles. The minimum Gasteiger partial charge on any atom is -0.486 e. The molecule has 100 valence electrons. The number of hydrogen-bond acceptors (Lipinski definition) is 3. The van der Waals surface area contributed by atoms with Crippen LogP contribution in [0.2, 0.25) is 5.02 Å². The van der Waals surface area contributed by atoms with Crippen LogP contribution in [-0.2, 0) is 6.54 Å². The highest BCUT2D eigenvalue weighted by Crippen LogP contribution is 2.38. The molecule has 0 spiro atoms. The minimum absolute atomic E-state index is 0. The second kappa shape index (κ2) is 6.89. The predicted octanol–water partition coefficient (Wildman–Crippen LogP) is 1.76. The van der Waals surface area contributed by atoms with Gasteiger partial charge in [-0.05, 0) is 17.7 Å². The first-order valence-corrected chi connectivity index (χ1v) is 5.62. The summed E-state index contributed by atoms with van der Waals surface area (Å²) in [5.74, 6) is 1.67. The van der Waals surface area contributed by atoms with Crippen LogP contribution in [0.3, 0.4) is 0 Å². The summed E-state index contributed by atoms with van der Waals surface area (Å²) in [6.07, 6.45) is 0. The Kier molecular flexibility index (Phi) is 5.80. The van der Waals surface area contributed by atoms with Gasteiger partial charge in [-0.25, -0.2) is 0 Å². The van der Waals surface area contributed by atoms with E-state index in [9.17, 15) is 0 Å². The van der Waals surface area contributed by atoms with Crippen molar-refractivity contribution in [3.05, 3.63) is 22.7 Å². The van der Waals surface area contributed by atoms with Gasteiger partial charge in [0.2, 0.25) is 0 Å². The number of hydrogen-bond donors (Lipinski definition) is 2. The highest BCUT2D eigenvalue weighted by Gasteiger charge is 2.16. The van der Waals surface area contributed by atoms with Gasteiger partial charge in [-0.2, -0.15) is 0 Å². The van der Waals surface area contributed by atoms with E-state index >= 15 is 0 Å². The molecule has 7 heteroatoms. The average Bonchev–Trinajstić information content (AvgIpc) is 2.36. The van der Waals surface area contributed by atoms with E-state index in [1.807, 2.05) is 12.1 Å². The Morgan fingerprint density at radius 1 is 1.44 bits per heavy atom.